The van der Waals surface area contributed by atoms with Crippen LogP contribution in [0.4, 0.5) is 0 Å². The normalized spacial score (nSPS) is 25.8. The molecule has 0 aliphatic heterocycles. The van der Waals surface area contributed by atoms with E-state index in [0.29, 0.717) is 17.5 Å². The van der Waals surface area contributed by atoms with Crippen LogP contribution < -0.4 is 5.32 Å². The van der Waals surface area contributed by atoms with Crippen molar-refractivity contribution in [2.75, 3.05) is 0 Å². The molecule has 0 bridgehead atoms. The molecule has 3 heteroatoms. The Balaban J connectivity index is 1.95. The molecule has 1 aliphatic carbocycles. The third kappa shape index (κ3) is 3.55. The summed E-state index contributed by atoms with van der Waals surface area (Å²) in [6.45, 7) is 7.07. The van der Waals surface area contributed by atoms with Gasteiger partial charge in [-0.2, -0.15) is 0 Å². The Hall–Kier alpha value is 0.140. The summed E-state index contributed by atoms with van der Waals surface area (Å²) in [7, 11) is 0. The van der Waals surface area contributed by atoms with Crippen LogP contribution in [-0.2, 0) is 0 Å². The van der Waals surface area contributed by atoms with Crippen molar-refractivity contribution in [3.05, 3.63) is 20.8 Å². The zero-order valence-electron chi connectivity index (χ0n) is 10.9. The minimum Gasteiger partial charge on any atom is -0.307 e. The number of thiophene rings is 1. The van der Waals surface area contributed by atoms with E-state index in [1.807, 2.05) is 11.3 Å². The Kier molecular flexibility index (Phi) is 4.32. The van der Waals surface area contributed by atoms with Gasteiger partial charge < -0.3 is 5.32 Å². The van der Waals surface area contributed by atoms with E-state index in [9.17, 15) is 0 Å². The van der Waals surface area contributed by atoms with Gasteiger partial charge in [0.15, 0.2) is 0 Å². The maximum Gasteiger partial charge on any atom is 0.0399 e. The molecule has 0 spiro atoms. The summed E-state index contributed by atoms with van der Waals surface area (Å²) in [5.74, 6) is 0. The topological polar surface area (TPSA) is 12.0 Å². The molecular weight excluding hydrogens is 294 g/mol. The molecule has 0 aromatic carbocycles. The lowest BCUT2D eigenvalue weighted by molar-refractivity contribution is 0.191. The van der Waals surface area contributed by atoms with Crippen LogP contribution in [0.2, 0.25) is 0 Å². The largest absolute Gasteiger partial charge is 0.307 e. The molecule has 1 fully saturated rings. The molecule has 1 N–H and O–H groups in total. The van der Waals surface area contributed by atoms with Crippen molar-refractivity contribution < 1.29 is 0 Å². The van der Waals surface area contributed by atoms with Gasteiger partial charge in [-0.3, -0.25) is 0 Å². The molecule has 0 amide bonds. The summed E-state index contributed by atoms with van der Waals surface area (Å²) < 4.78 is 1.25. The van der Waals surface area contributed by atoms with Gasteiger partial charge in [0.25, 0.3) is 0 Å². The predicted octanol–water partition coefficient (Wildman–Crippen LogP) is 5.13. The first-order valence-electron chi connectivity index (χ1n) is 6.47. The molecule has 0 saturated heterocycles. The third-order valence-electron chi connectivity index (χ3n) is 3.73. The average Bonchev–Trinajstić information content (AvgIpc) is 2.62. The molecule has 2 rings (SSSR count). The van der Waals surface area contributed by atoms with Crippen molar-refractivity contribution in [2.24, 2.45) is 5.41 Å². The Morgan fingerprint density at radius 1 is 1.53 bits per heavy atom. The summed E-state index contributed by atoms with van der Waals surface area (Å²) in [5, 5.41) is 5.95. The highest BCUT2D eigenvalue weighted by Gasteiger charge is 2.28. The maximum atomic E-state index is 3.80. The summed E-state index contributed by atoms with van der Waals surface area (Å²) >= 11 is 5.46. The van der Waals surface area contributed by atoms with Crippen LogP contribution in [-0.4, -0.2) is 6.04 Å². The van der Waals surface area contributed by atoms with Crippen LogP contribution in [0.1, 0.15) is 57.4 Å². The highest BCUT2D eigenvalue weighted by atomic mass is 79.9. The monoisotopic (exact) mass is 315 g/mol. The molecule has 2 atom stereocenters. The molecule has 2 unspecified atom stereocenters. The first kappa shape index (κ1) is 13.6. The van der Waals surface area contributed by atoms with Crippen molar-refractivity contribution in [1.82, 2.24) is 5.32 Å². The quantitative estimate of drug-likeness (QED) is 0.815. The average molecular weight is 316 g/mol. The minimum absolute atomic E-state index is 0.461. The second-order valence-corrected chi connectivity index (χ2v) is 7.78. The number of hydrogen-bond acceptors (Lipinski definition) is 2. The first-order chi connectivity index (χ1) is 7.98. The Morgan fingerprint density at radius 2 is 2.29 bits per heavy atom. The lowest BCUT2D eigenvalue weighted by Gasteiger charge is -2.37. The summed E-state index contributed by atoms with van der Waals surface area (Å²) in [4.78, 5) is 1.42. The van der Waals surface area contributed by atoms with E-state index in [2.05, 4.69) is 53.5 Å². The fraction of sp³-hybridized carbons (Fsp3) is 0.714. The lowest BCUT2D eigenvalue weighted by Crippen LogP contribution is -2.38. The number of rotatable bonds is 3. The summed E-state index contributed by atoms with van der Waals surface area (Å²) in [6.07, 6.45) is 5.38. The molecule has 1 aromatic heterocycles. The molecule has 0 radical (unpaired) electrons. The van der Waals surface area contributed by atoms with Crippen LogP contribution in [0.25, 0.3) is 0 Å². The summed E-state index contributed by atoms with van der Waals surface area (Å²) in [6, 6.07) is 3.29. The SMILES string of the molecule is CC(NC1CCCC(C)(C)C1)c1sccc1Br. The van der Waals surface area contributed by atoms with Crippen molar-refractivity contribution in [3.63, 3.8) is 0 Å². The van der Waals surface area contributed by atoms with E-state index in [0.717, 1.165) is 0 Å². The van der Waals surface area contributed by atoms with Gasteiger partial charge in [0.05, 0.1) is 0 Å². The fourth-order valence-electron chi connectivity index (χ4n) is 2.88. The van der Waals surface area contributed by atoms with E-state index in [-0.39, 0.29) is 0 Å². The number of hydrogen-bond donors (Lipinski definition) is 1. The Bertz CT molecular complexity index is 372. The molecule has 1 nitrogen and oxygen atoms in total. The van der Waals surface area contributed by atoms with Crippen LogP contribution in [0.5, 0.6) is 0 Å². The van der Waals surface area contributed by atoms with Gasteiger partial charge in [-0.05, 0) is 59.0 Å². The van der Waals surface area contributed by atoms with Gasteiger partial charge in [0.2, 0.25) is 0 Å². The zero-order valence-corrected chi connectivity index (χ0v) is 13.3. The lowest BCUT2D eigenvalue weighted by atomic mass is 9.75. The van der Waals surface area contributed by atoms with Crippen molar-refractivity contribution in [1.29, 1.82) is 0 Å². The van der Waals surface area contributed by atoms with Gasteiger partial charge >= 0.3 is 0 Å². The van der Waals surface area contributed by atoms with E-state index in [1.165, 1.54) is 35.0 Å². The Labute approximate surface area is 117 Å². The molecule has 96 valence electrons. The third-order valence-corrected chi connectivity index (χ3v) is 5.78. The van der Waals surface area contributed by atoms with Crippen LogP contribution in [0.3, 0.4) is 0 Å². The second-order valence-electron chi connectivity index (χ2n) is 5.98. The van der Waals surface area contributed by atoms with Crippen molar-refractivity contribution in [3.8, 4) is 0 Å². The fourth-order valence-corrected chi connectivity index (χ4v) is 4.62. The first-order valence-corrected chi connectivity index (χ1v) is 8.14. The van der Waals surface area contributed by atoms with E-state index in [1.54, 1.807) is 0 Å². The van der Waals surface area contributed by atoms with Crippen molar-refractivity contribution in [2.45, 2.75) is 58.5 Å². The second kappa shape index (κ2) is 5.41. The van der Waals surface area contributed by atoms with Crippen LogP contribution >= 0.6 is 27.3 Å². The van der Waals surface area contributed by atoms with Crippen LogP contribution in [0, 0.1) is 5.41 Å². The van der Waals surface area contributed by atoms with Gasteiger partial charge in [-0.25, -0.2) is 0 Å². The molecule has 1 heterocycles. The van der Waals surface area contributed by atoms with Crippen LogP contribution in [0.15, 0.2) is 15.9 Å². The molecule has 1 aliphatic rings. The standard InChI is InChI=1S/C14H22BrNS/c1-10(13-12(15)6-8-17-13)16-11-5-4-7-14(2,3)9-11/h6,8,10-11,16H,4-5,7,9H2,1-3H3. The minimum atomic E-state index is 0.461. The number of nitrogens with one attached hydrogen (secondary N) is 1. The summed E-state index contributed by atoms with van der Waals surface area (Å²) in [5.41, 5.74) is 0.516. The van der Waals surface area contributed by atoms with E-state index < -0.39 is 0 Å². The highest BCUT2D eigenvalue weighted by Crippen LogP contribution is 2.37. The highest BCUT2D eigenvalue weighted by molar-refractivity contribution is 9.10. The smallest absolute Gasteiger partial charge is 0.0399 e. The molecule has 1 aromatic rings. The van der Waals surface area contributed by atoms with Crippen molar-refractivity contribution >= 4 is 27.3 Å². The van der Waals surface area contributed by atoms with Gasteiger partial charge in [-0.1, -0.05) is 20.3 Å². The van der Waals surface area contributed by atoms with Gasteiger partial charge in [0, 0.05) is 21.4 Å². The van der Waals surface area contributed by atoms with Gasteiger partial charge in [0.1, 0.15) is 0 Å². The zero-order chi connectivity index (χ0) is 12.5. The van der Waals surface area contributed by atoms with Gasteiger partial charge in [-0.15, -0.1) is 11.3 Å². The number of halogens is 1. The molecular formula is C14H22BrNS. The van der Waals surface area contributed by atoms with E-state index in [4.69, 9.17) is 0 Å². The maximum absolute atomic E-state index is 3.80. The molecule has 17 heavy (non-hydrogen) atoms. The molecule has 1 saturated carbocycles. The Morgan fingerprint density at radius 3 is 2.88 bits per heavy atom. The van der Waals surface area contributed by atoms with E-state index >= 15 is 0 Å². The predicted molar refractivity (Wildman–Crippen MR) is 79.6 cm³/mol.